The van der Waals surface area contributed by atoms with Gasteiger partial charge in [-0.3, -0.25) is 20.9 Å². The molecular formula is C13H17N5O2. The van der Waals surface area contributed by atoms with Crippen molar-refractivity contribution in [2.75, 3.05) is 0 Å². The van der Waals surface area contributed by atoms with E-state index in [2.05, 4.69) is 4.98 Å². The third-order valence-corrected chi connectivity index (χ3v) is 3.16. The zero-order valence-electron chi connectivity index (χ0n) is 11.6. The molecule has 0 fully saturated rings. The quantitative estimate of drug-likeness (QED) is 0.340. The van der Waals surface area contributed by atoms with E-state index in [-0.39, 0.29) is 11.6 Å². The molecule has 2 aromatic heterocycles. The molecule has 0 amide bonds. The number of imidazole rings is 1. The molecule has 0 saturated carbocycles. The number of Topliss-reactive ketones (excluding diaryl/α,β-unsaturated/α-hetero) is 1. The minimum absolute atomic E-state index is 0.0165. The van der Waals surface area contributed by atoms with Crippen LogP contribution >= 0.6 is 0 Å². The van der Waals surface area contributed by atoms with E-state index < -0.39 is 0 Å². The second kappa shape index (κ2) is 5.30. The van der Waals surface area contributed by atoms with Crippen molar-refractivity contribution >= 4 is 11.6 Å². The summed E-state index contributed by atoms with van der Waals surface area (Å²) in [5, 5.41) is 16.5. The van der Waals surface area contributed by atoms with Gasteiger partial charge in [-0.15, -0.1) is 0 Å². The van der Waals surface area contributed by atoms with Crippen molar-refractivity contribution in [1.29, 1.82) is 5.41 Å². The summed E-state index contributed by atoms with van der Waals surface area (Å²) >= 11 is 0. The minimum atomic E-state index is -0.186. The lowest BCUT2D eigenvalue weighted by atomic mass is 10.1. The first-order chi connectivity index (χ1) is 9.49. The SMILES string of the molecule is CCn1cc(-c2c(C(=N)NO)ncn2C)cc1C(C)=O. The fourth-order valence-electron chi connectivity index (χ4n) is 2.21. The number of ketones is 1. The molecule has 0 aliphatic rings. The minimum Gasteiger partial charge on any atom is -0.345 e. The molecule has 3 N–H and O–H groups in total. The summed E-state index contributed by atoms with van der Waals surface area (Å²) < 4.78 is 3.60. The largest absolute Gasteiger partial charge is 0.345 e. The number of rotatable bonds is 4. The molecule has 0 aromatic carbocycles. The Hall–Kier alpha value is -2.41. The van der Waals surface area contributed by atoms with Crippen molar-refractivity contribution in [2.24, 2.45) is 7.05 Å². The lowest BCUT2D eigenvalue weighted by Crippen LogP contribution is -2.20. The van der Waals surface area contributed by atoms with Crippen LogP contribution in [0.5, 0.6) is 0 Å². The Kier molecular flexibility index (Phi) is 3.71. The lowest BCUT2D eigenvalue weighted by molar-refractivity contribution is 0.100. The fourth-order valence-corrected chi connectivity index (χ4v) is 2.21. The number of carbonyl (C=O) groups is 1. The van der Waals surface area contributed by atoms with E-state index in [1.54, 1.807) is 29.5 Å². The van der Waals surface area contributed by atoms with Gasteiger partial charge in [0, 0.05) is 32.3 Å². The maximum Gasteiger partial charge on any atom is 0.176 e. The van der Waals surface area contributed by atoms with Gasteiger partial charge in [0.25, 0.3) is 0 Å². The average molecular weight is 275 g/mol. The van der Waals surface area contributed by atoms with Crippen molar-refractivity contribution in [3.05, 3.63) is 30.0 Å². The number of hydrogen-bond acceptors (Lipinski definition) is 4. The Balaban J connectivity index is 2.60. The number of amidine groups is 1. The Labute approximate surface area is 116 Å². The number of aryl methyl sites for hydroxylation is 2. The average Bonchev–Trinajstić information content (AvgIpc) is 3.00. The highest BCUT2D eigenvalue weighted by molar-refractivity contribution is 6.00. The van der Waals surface area contributed by atoms with Crippen LogP contribution in [0.3, 0.4) is 0 Å². The number of hydroxylamine groups is 1. The summed E-state index contributed by atoms with van der Waals surface area (Å²) in [5.41, 5.74) is 4.19. The van der Waals surface area contributed by atoms with Crippen LogP contribution in [0.2, 0.25) is 0 Å². The van der Waals surface area contributed by atoms with E-state index in [1.807, 2.05) is 17.7 Å². The number of hydrogen-bond donors (Lipinski definition) is 3. The fraction of sp³-hybridized carbons (Fsp3) is 0.308. The molecule has 0 unspecified atom stereocenters. The van der Waals surface area contributed by atoms with Crippen LogP contribution in [-0.2, 0) is 13.6 Å². The summed E-state index contributed by atoms with van der Waals surface area (Å²) in [6.45, 7) is 4.15. The predicted octanol–water partition coefficient (Wildman–Crippen LogP) is 1.42. The molecule has 0 radical (unpaired) electrons. The Morgan fingerprint density at radius 2 is 2.25 bits per heavy atom. The van der Waals surface area contributed by atoms with E-state index in [0.717, 1.165) is 5.56 Å². The Bertz CT molecular complexity index is 668. The van der Waals surface area contributed by atoms with Crippen LogP contribution < -0.4 is 5.48 Å². The molecular weight excluding hydrogens is 258 g/mol. The number of nitrogens with one attached hydrogen (secondary N) is 2. The summed E-state index contributed by atoms with van der Waals surface area (Å²) in [6, 6.07) is 1.77. The normalized spacial score (nSPS) is 10.6. The van der Waals surface area contributed by atoms with Crippen molar-refractivity contribution in [2.45, 2.75) is 20.4 Å². The molecule has 0 aliphatic heterocycles. The van der Waals surface area contributed by atoms with Gasteiger partial charge < -0.3 is 9.13 Å². The van der Waals surface area contributed by atoms with E-state index in [4.69, 9.17) is 10.6 Å². The zero-order chi connectivity index (χ0) is 14.9. The molecule has 7 nitrogen and oxygen atoms in total. The zero-order valence-corrected chi connectivity index (χ0v) is 11.6. The van der Waals surface area contributed by atoms with Gasteiger partial charge in [0.1, 0.15) is 5.69 Å². The number of aromatic nitrogens is 3. The van der Waals surface area contributed by atoms with Crippen molar-refractivity contribution in [1.82, 2.24) is 19.6 Å². The molecule has 2 heterocycles. The van der Waals surface area contributed by atoms with Crippen LogP contribution in [-0.4, -0.2) is 30.9 Å². The maximum absolute atomic E-state index is 11.6. The molecule has 7 heteroatoms. The van der Waals surface area contributed by atoms with Crippen LogP contribution in [0.4, 0.5) is 0 Å². The topological polar surface area (TPSA) is 95.9 Å². The molecule has 20 heavy (non-hydrogen) atoms. The third kappa shape index (κ3) is 2.23. The van der Waals surface area contributed by atoms with E-state index in [0.29, 0.717) is 23.6 Å². The van der Waals surface area contributed by atoms with Crippen LogP contribution in [0.15, 0.2) is 18.6 Å². The van der Waals surface area contributed by atoms with Gasteiger partial charge >= 0.3 is 0 Å². The van der Waals surface area contributed by atoms with Gasteiger partial charge in [0.2, 0.25) is 0 Å². The number of carbonyl (C=O) groups excluding carboxylic acids is 1. The van der Waals surface area contributed by atoms with Crippen molar-refractivity contribution in [3.63, 3.8) is 0 Å². The highest BCUT2D eigenvalue weighted by Gasteiger charge is 2.18. The third-order valence-electron chi connectivity index (χ3n) is 3.16. The summed E-state index contributed by atoms with van der Waals surface area (Å²) in [7, 11) is 1.80. The standard InChI is InChI=1S/C13H17N5O2/c1-4-18-6-9(5-10(18)8(2)19)12-11(13(14)16-20)15-7-17(12)3/h5-7,20H,4H2,1-3H3,(H2,14,16). The molecule has 0 aliphatic carbocycles. The predicted molar refractivity (Wildman–Crippen MR) is 74.1 cm³/mol. The van der Waals surface area contributed by atoms with E-state index >= 15 is 0 Å². The first kappa shape index (κ1) is 14.0. The second-order valence-corrected chi connectivity index (χ2v) is 4.50. The van der Waals surface area contributed by atoms with Gasteiger partial charge in [-0.05, 0) is 13.0 Å². The van der Waals surface area contributed by atoms with Gasteiger partial charge in [-0.2, -0.15) is 0 Å². The van der Waals surface area contributed by atoms with Crippen molar-refractivity contribution < 1.29 is 10.0 Å². The van der Waals surface area contributed by atoms with Crippen LogP contribution in [0.25, 0.3) is 11.3 Å². The van der Waals surface area contributed by atoms with Gasteiger partial charge in [-0.1, -0.05) is 0 Å². The van der Waals surface area contributed by atoms with E-state index in [1.165, 1.54) is 6.92 Å². The second-order valence-electron chi connectivity index (χ2n) is 4.50. The van der Waals surface area contributed by atoms with Crippen molar-refractivity contribution in [3.8, 4) is 11.3 Å². The van der Waals surface area contributed by atoms with Gasteiger partial charge in [0.15, 0.2) is 11.6 Å². The molecule has 106 valence electrons. The molecule has 0 bridgehead atoms. The van der Waals surface area contributed by atoms with Crippen LogP contribution in [0.1, 0.15) is 30.0 Å². The Morgan fingerprint density at radius 1 is 1.55 bits per heavy atom. The first-order valence-electron chi connectivity index (χ1n) is 6.21. The molecule has 0 saturated heterocycles. The van der Waals surface area contributed by atoms with Gasteiger partial charge in [-0.25, -0.2) is 4.98 Å². The molecule has 2 rings (SSSR count). The molecule has 0 spiro atoms. The Morgan fingerprint density at radius 3 is 2.75 bits per heavy atom. The van der Waals surface area contributed by atoms with Crippen LogP contribution in [0, 0.1) is 5.41 Å². The summed E-state index contributed by atoms with van der Waals surface area (Å²) in [6.07, 6.45) is 3.41. The molecule has 2 aromatic rings. The highest BCUT2D eigenvalue weighted by Crippen LogP contribution is 2.25. The monoisotopic (exact) mass is 275 g/mol. The highest BCUT2D eigenvalue weighted by atomic mass is 16.5. The number of nitrogens with zero attached hydrogens (tertiary/aromatic N) is 3. The summed E-state index contributed by atoms with van der Waals surface area (Å²) in [5.74, 6) is -0.202. The van der Waals surface area contributed by atoms with Gasteiger partial charge in [0.05, 0.1) is 17.7 Å². The smallest absolute Gasteiger partial charge is 0.176 e. The maximum atomic E-state index is 11.6. The van der Waals surface area contributed by atoms with E-state index in [9.17, 15) is 4.79 Å². The first-order valence-corrected chi connectivity index (χ1v) is 6.21. The lowest BCUT2D eigenvalue weighted by Gasteiger charge is -2.04. The molecule has 0 atom stereocenters. The summed E-state index contributed by atoms with van der Waals surface area (Å²) in [4.78, 5) is 15.7.